The first kappa shape index (κ1) is 86.8. The lowest BCUT2D eigenvalue weighted by atomic mass is 10.0. The van der Waals surface area contributed by atoms with Crippen molar-refractivity contribution in [3.63, 3.8) is 0 Å². The Morgan fingerprint density at radius 2 is 0.225 bits per heavy atom. The van der Waals surface area contributed by atoms with Crippen molar-refractivity contribution in [1.82, 2.24) is 13.7 Å². The summed E-state index contributed by atoms with van der Waals surface area (Å²) in [5, 5.41) is 6.94. The minimum Gasteiger partial charge on any atom is -0.336 e. The quantitative estimate of drug-likeness (QED) is 0.0600. The topological polar surface area (TPSA) is 34.2 Å². The lowest BCUT2D eigenvalue weighted by molar-refractivity contribution is 0.821. The van der Waals surface area contributed by atoms with Gasteiger partial charge in [-0.05, 0) is 355 Å². The Morgan fingerprint density at radius 1 is 0.123 bits per heavy atom. The van der Waals surface area contributed by atoms with Crippen molar-refractivity contribution >= 4 is 168 Å². The number of hydrogen-bond acceptors (Lipinski definition) is 6. The van der Waals surface area contributed by atoms with E-state index in [-0.39, 0.29) is 0 Å². The average molecular weight is 1790 g/mol. The Labute approximate surface area is 810 Å². The van der Waals surface area contributed by atoms with Gasteiger partial charge in [-0.2, -0.15) is 0 Å². The summed E-state index contributed by atoms with van der Waals surface area (Å²) in [7, 11) is 0. The molecule has 0 fully saturated rings. The molecule has 0 amide bonds. The molecule has 22 aromatic rings. The maximum atomic E-state index is 2.60. The molecule has 0 spiro atoms. The Bertz CT molecular complexity index is 6760. The largest absolute Gasteiger partial charge is 0.336 e. The molecule has 0 saturated carbocycles. The van der Waals surface area contributed by atoms with Crippen LogP contribution >= 0.6 is 0 Å². The zero-order valence-electron chi connectivity index (χ0n) is 80.5. The summed E-state index contributed by atoms with van der Waals surface area (Å²) in [6, 6.07) is 158. The Hall–Kier alpha value is -16.6. The van der Waals surface area contributed by atoms with Gasteiger partial charge >= 0.3 is 0 Å². The molecule has 0 aliphatic carbocycles. The van der Waals surface area contributed by atoms with Crippen LogP contribution in [-0.2, 0) is 19.6 Å². The van der Waals surface area contributed by atoms with E-state index in [0.29, 0.717) is 19.6 Å². The van der Waals surface area contributed by atoms with Gasteiger partial charge in [0.2, 0.25) is 0 Å². The normalized spacial score (nSPS) is 11.6. The monoisotopic (exact) mass is 1790 g/mol. The number of aryl methyl sites for hydroxylation is 12. The van der Waals surface area contributed by atoms with Crippen LogP contribution in [0, 0.1) is 83.1 Å². The van der Waals surface area contributed by atoms with Gasteiger partial charge in [0, 0.05) is 187 Å². The summed E-state index contributed by atoms with van der Waals surface area (Å²) in [6.07, 6.45) is 0. The summed E-state index contributed by atoms with van der Waals surface area (Å²) in [5.41, 5.74) is 44.4. The fourth-order valence-electron chi connectivity index (χ4n) is 20.3. The van der Waals surface area contributed by atoms with E-state index in [2.05, 4.69) is 545 Å². The summed E-state index contributed by atoms with van der Waals surface area (Å²) >= 11 is 0. The molecule has 0 unspecified atom stereocenters. The van der Waals surface area contributed by atoms with Gasteiger partial charge in [0.1, 0.15) is 0 Å². The number of nitrogens with zero attached hydrogens (tertiary/aromatic N) is 9. The minimum absolute atomic E-state index is 0.558. The molecule has 0 N–H and O–H groups in total. The highest BCUT2D eigenvalue weighted by atomic mass is 15.2. The van der Waals surface area contributed by atoms with Gasteiger partial charge in [0.25, 0.3) is 0 Å². The van der Waals surface area contributed by atoms with E-state index < -0.39 is 0 Å². The van der Waals surface area contributed by atoms with Gasteiger partial charge in [-0.25, -0.2) is 0 Å². The first-order valence-electron chi connectivity index (χ1n) is 48.1. The number of anilines is 18. The van der Waals surface area contributed by atoms with E-state index >= 15 is 0 Å². The zero-order valence-corrected chi connectivity index (χ0v) is 80.5. The molecule has 19 aromatic carbocycles. The second-order valence-electron chi connectivity index (χ2n) is 38.2. The summed E-state index contributed by atoms with van der Waals surface area (Å²) in [5.74, 6) is 0. The van der Waals surface area contributed by atoms with Crippen molar-refractivity contribution in [3.8, 4) is 0 Å². The van der Waals surface area contributed by atoms with Crippen LogP contribution in [0.4, 0.5) is 102 Å². The van der Waals surface area contributed by atoms with Crippen LogP contribution in [0.15, 0.2) is 419 Å². The molecule has 0 saturated heterocycles. The van der Waals surface area contributed by atoms with Crippen LogP contribution in [0.25, 0.3) is 65.4 Å². The van der Waals surface area contributed by atoms with Crippen LogP contribution in [0.5, 0.6) is 0 Å². The Kier molecular flexibility index (Phi) is 22.8. The molecule has 0 bridgehead atoms. The lowest BCUT2D eigenvalue weighted by Crippen LogP contribution is -2.10. The van der Waals surface area contributed by atoms with E-state index in [1.54, 1.807) is 0 Å². The Balaban J connectivity index is 0.777. The van der Waals surface area contributed by atoms with Gasteiger partial charge in [-0.3, -0.25) is 0 Å². The standard InChI is InChI=1S/C129H111N9/c1-85-13-37-100(38-14-85)133(101-39-15-86(2)16-40-101)112-61-67-124-118(76-112)119-77-113(134(102-41-17-87(3)18-42-102)103-43-19-88(4)20-44-103)62-68-125(119)130(124)82-97-73-98(83-131-126-69-63-114(135(104-45-21-89(5)22-46-104)105-47-23-90(6)24-48-105)78-120(126)121-79-115(64-70-127(121)131)136(106-49-25-91(7)26-50-106)107-51-27-92(8)28-52-107)75-99(74-97)84-132-128-71-65-116(137(108-53-29-93(9)30-54-108)109-55-31-94(10)32-56-109)80-122(128)123-81-117(66-72-129(123)132)138(110-57-33-95(11)34-58-110)111-59-35-96(12)36-60-111/h13-81H,82-84H2,1-12H3. The summed E-state index contributed by atoms with van der Waals surface area (Å²) in [4.78, 5) is 14.5. The van der Waals surface area contributed by atoms with Crippen molar-refractivity contribution in [1.29, 1.82) is 0 Å². The number of benzene rings is 19. The smallest absolute Gasteiger partial charge is 0.0496 e. The molecule has 0 aliphatic rings. The van der Waals surface area contributed by atoms with Gasteiger partial charge in [-0.15, -0.1) is 0 Å². The van der Waals surface area contributed by atoms with Crippen LogP contribution in [0.1, 0.15) is 83.5 Å². The van der Waals surface area contributed by atoms with Crippen molar-refractivity contribution in [3.05, 3.63) is 502 Å². The van der Waals surface area contributed by atoms with Gasteiger partial charge in [0.05, 0.1) is 0 Å². The fraction of sp³-hybridized carbons (Fsp3) is 0.116. The molecule has 3 heterocycles. The molecule has 9 nitrogen and oxygen atoms in total. The predicted molar refractivity (Wildman–Crippen MR) is 587 cm³/mol. The maximum Gasteiger partial charge on any atom is 0.0496 e. The van der Waals surface area contributed by atoms with E-state index in [9.17, 15) is 0 Å². The van der Waals surface area contributed by atoms with Crippen molar-refractivity contribution in [2.75, 3.05) is 29.4 Å². The molecule has 0 aliphatic heterocycles. The summed E-state index contributed by atoms with van der Waals surface area (Å²) < 4.78 is 7.80. The number of rotatable bonds is 24. The van der Waals surface area contributed by atoms with Crippen LogP contribution in [0.3, 0.4) is 0 Å². The third-order valence-corrected chi connectivity index (χ3v) is 27.7. The first-order valence-corrected chi connectivity index (χ1v) is 48.1. The third kappa shape index (κ3) is 17.0. The van der Waals surface area contributed by atoms with E-state index in [4.69, 9.17) is 0 Å². The number of aromatic nitrogens is 3. The second-order valence-corrected chi connectivity index (χ2v) is 38.2. The molecule has 0 atom stereocenters. The third-order valence-electron chi connectivity index (χ3n) is 27.7. The predicted octanol–water partition coefficient (Wildman–Crippen LogP) is 35.7. The molecule has 9 heteroatoms. The van der Waals surface area contributed by atoms with E-state index in [1.165, 1.54) is 83.5 Å². The molecule has 22 rings (SSSR count). The average Bonchev–Trinajstić information content (AvgIpc) is 1.59. The molecule has 138 heavy (non-hydrogen) atoms. The lowest BCUT2D eigenvalue weighted by Gasteiger charge is -2.26. The van der Waals surface area contributed by atoms with Gasteiger partial charge in [-0.1, -0.05) is 231 Å². The highest BCUT2D eigenvalue weighted by molar-refractivity contribution is 6.14. The van der Waals surface area contributed by atoms with Crippen LogP contribution in [-0.4, -0.2) is 13.7 Å². The van der Waals surface area contributed by atoms with Crippen molar-refractivity contribution in [2.45, 2.75) is 103 Å². The minimum atomic E-state index is 0.558. The van der Waals surface area contributed by atoms with Crippen molar-refractivity contribution in [2.24, 2.45) is 0 Å². The first-order chi connectivity index (χ1) is 67.2. The fourth-order valence-corrected chi connectivity index (χ4v) is 20.3. The van der Waals surface area contributed by atoms with Crippen LogP contribution < -0.4 is 29.4 Å². The summed E-state index contributed by atoms with van der Waals surface area (Å²) in [6.45, 7) is 27.7. The molecule has 3 aromatic heterocycles. The molecular weight excluding hydrogens is 1680 g/mol. The van der Waals surface area contributed by atoms with E-state index in [0.717, 1.165) is 168 Å². The highest BCUT2D eigenvalue weighted by Crippen LogP contribution is 2.49. The number of fused-ring (bicyclic) bond motifs is 9. The molecule has 672 valence electrons. The van der Waals surface area contributed by atoms with Gasteiger partial charge < -0.3 is 43.1 Å². The van der Waals surface area contributed by atoms with Crippen molar-refractivity contribution < 1.29 is 0 Å². The SMILES string of the molecule is Cc1ccc(N(c2ccc(C)cc2)c2ccc3c(c2)c2cc(N(c4ccc(C)cc4)c4ccc(C)cc4)ccc2n3Cc2cc(Cn3c4ccc(N(c5ccc(C)cc5)c5ccc(C)cc5)cc4c4cc(N(c5ccc(C)cc5)c5ccc(C)cc5)ccc43)cc(Cn3c4ccc(N(c5ccc(C)cc5)c5ccc(C)cc5)cc4c4cc(N(c5ccc(C)cc5)c5ccc(C)cc5)ccc43)c2)cc1. The zero-order chi connectivity index (χ0) is 94.1. The second kappa shape index (κ2) is 36.3. The molecule has 0 radical (unpaired) electrons. The molecular formula is C129H111N9. The Morgan fingerprint density at radius 3 is 0.333 bits per heavy atom. The highest BCUT2D eigenvalue weighted by Gasteiger charge is 2.27. The van der Waals surface area contributed by atoms with E-state index in [1.807, 2.05) is 0 Å². The maximum absolute atomic E-state index is 2.60. The number of hydrogen-bond donors (Lipinski definition) is 0. The van der Waals surface area contributed by atoms with Gasteiger partial charge in [0.15, 0.2) is 0 Å². The van der Waals surface area contributed by atoms with Crippen LogP contribution in [0.2, 0.25) is 0 Å².